The van der Waals surface area contributed by atoms with Crippen LogP contribution in [0.25, 0.3) is 0 Å². The lowest BCUT2D eigenvalue weighted by molar-refractivity contribution is 1.28. The molecule has 0 saturated heterocycles. The van der Waals surface area contributed by atoms with E-state index in [4.69, 9.17) is 46.4 Å². The van der Waals surface area contributed by atoms with Gasteiger partial charge in [-0.3, -0.25) is 0 Å². The number of hydrogen-bond acceptors (Lipinski definition) is 0. The van der Waals surface area contributed by atoms with Crippen molar-refractivity contribution in [3.05, 3.63) is 36.4 Å². The molecule has 0 aliphatic carbocycles. The molecule has 0 spiro atoms. The first-order chi connectivity index (χ1) is 5.56. The van der Waals surface area contributed by atoms with Gasteiger partial charge in [-0.25, -0.2) is 0 Å². The Morgan fingerprint density at radius 1 is 0.750 bits per heavy atom. The number of benzene rings is 1. The first kappa shape index (κ1) is 12.4. The molecule has 1 aromatic rings. The molecule has 0 N–H and O–H groups in total. The second-order valence-electron chi connectivity index (χ2n) is 1.90. The third kappa shape index (κ3) is 10.4. The zero-order valence-corrected chi connectivity index (χ0v) is 9.21. The number of rotatable bonds is 0. The maximum Gasteiger partial charge on any atom is 0.203 e. The molecule has 0 saturated carbocycles. The monoisotopic (exact) mass is 244 g/mol. The standard InChI is InChI=1S/C6H6.C2H2Cl4/c1-2-4-6-5-3-1;3-1-2(4,5)6/h1-6H;1H2. The van der Waals surface area contributed by atoms with E-state index in [1.165, 1.54) is 0 Å². The van der Waals surface area contributed by atoms with Crippen LogP contribution in [0.4, 0.5) is 0 Å². The molecular weight excluding hydrogens is 238 g/mol. The molecule has 0 amide bonds. The molecule has 0 aliphatic heterocycles. The quantitative estimate of drug-likeness (QED) is 0.599. The summed E-state index contributed by atoms with van der Waals surface area (Å²) >= 11 is 20.4. The molecule has 1 rings (SSSR count). The van der Waals surface area contributed by atoms with E-state index < -0.39 is 3.79 Å². The number of hydrogen-bond donors (Lipinski definition) is 0. The summed E-state index contributed by atoms with van der Waals surface area (Å²) in [6.45, 7) is 0. The summed E-state index contributed by atoms with van der Waals surface area (Å²) in [4.78, 5) is 0. The lowest BCUT2D eigenvalue weighted by atomic mass is 10.4. The van der Waals surface area contributed by atoms with Crippen LogP contribution in [0.5, 0.6) is 0 Å². The summed E-state index contributed by atoms with van der Waals surface area (Å²) in [5, 5.41) is 0. The van der Waals surface area contributed by atoms with Crippen molar-refractivity contribution < 1.29 is 0 Å². The van der Waals surface area contributed by atoms with Gasteiger partial charge in [-0.2, -0.15) is 0 Å². The van der Waals surface area contributed by atoms with Gasteiger partial charge in [0.15, 0.2) is 0 Å². The molecule has 0 atom stereocenters. The first-order valence-corrected chi connectivity index (χ1v) is 4.86. The average molecular weight is 246 g/mol. The molecule has 0 aliphatic rings. The lowest BCUT2D eigenvalue weighted by Gasteiger charge is -2.00. The van der Waals surface area contributed by atoms with Gasteiger partial charge < -0.3 is 0 Å². The molecule has 0 aromatic heterocycles. The Morgan fingerprint density at radius 3 is 1.00 bits per heavy atom. The normalized spacial score (nSPS) is 10.0. The van der Waals surface area contributed by atoms with Crippen molar-refractivity contribution in [2.45, 2.75) is 3.79 Å². The molecule has 0 fully saturated rings. The van der Waals surface area contributed by atoms with Crippen LogP contribution in [0.2, 0.25) is 0 Å². The second-order valence-corrected chi connectivity index (χ2v) is 4.69. The van der Waals surface area contributed by atoms with Crippen LogP contribution in [-0.4, -0.2) is 9.67 Å². The molecule has 1 aromatic carbocycles. The fourth-order valence-corrected chi connectivity index (χ4v) is 0.385. The Labute approximate surface area is 92.4 Å². The Kier molecular flexibility index (Phi) is 7.07. The highest BCUT2D eigenvalue weighted by atomic mass is 35.6. The second kappa shape index (κ2) is 6.85. The molecule has 0 bridgehead atoms. The van der Waals surface area contributed by atoms with Crippen molar-refractivity contribution in [3.63, 3.8) is 0 Å². The predicted octanol–water partition coefficient (Wildman–Crippen LogP) is 4.28. The van der Waals surface area contributed by atoms with Crippen molar-refractivity contribution in [3.8, 4) is 0 Å². The molecule has 0 nitrogen and oxygen atoms in total. The summed E-state index contributed by atoms with van der Waals surface area (Å²) in [6, 6.07) is 12.0. The summed E-state index contributed by atoms with van der Waals surface area (Å²) in [5.41, 5.74) is 0. The molecule has 0 heterocycles. The topological polar surface area (TPSA) is 0 Å². The highest BCUT2D eigenvalue weighted by molar-refractivity contribution is 6.69. The Bertz CT molecular complexity index is 153. The van der Waals surface area contributed by atoms with Crippen LogP contribution in [-0.2, 0) is 0 Å². The minimum absolute atomic E-state index is 0.0394. The van der Waals surface area contributed by atoms with E-state index in [9.17, 15) is 0 Å². The van der Waals surface area contributed by atoms with E-state index >= 15 is 0 Å². The fraction of sp³-hybridized carbons (Fsp3) is 0.250. The maximum absolute atomic E-state index is 5.12. The Hall–Kier alpha value is 0.380. The molecule has 4 heteroatoms. The number of alkyl halides is 4. The van der Waals surface area contributed by atoms with Gasteiger partial charge in [0.2, 0.25) is 3.79 Å². The van der Waals surface area contributed by atoms with Crippen LogP contribution in [0.3, 0.4) is 0 Å². The van der Waals surface area contributed by atoms with E-state index in [1.807, 2.05) is 36.4 Å². The van der Waals surface area contributed by atoms with E-state index in [0.717, 1.165) is 0 Å². The van der Waals surface area contributed by atoms with Gasteiger partial charge in [-0.15, -0.1) is 11.6 Å². The van der Waals surface area contributed by atoms with E-state index in [0.29, 0.717) is 0 Å². The van der Waals surface area contributed by atoms with Gasteiger partial charge >= 0.3 is 0 Å². The van der Waals surface area contributed by atoms with Gasteiger partial charge in [0.25, 0.3) is 0 Å². The fourth-order valence-electron chi connectivity index (χ4n) is 0.385. The van der Waals surface area contributed by atoms with Crippen LogP contribution in [0, 0.1) is 0 Å². The summed E-state index contributed by atoms with van der Waals surface area (Å²) in [7, 11) is 0. The summed E-state index contributed by atoms with van der Waals surface area (Å²) < 4.78 is -1.28. The molecule has 68 valence electrons. The molecule has 12 heavy (non-hydrogen) atoms. The van der Waals surface area contributed by atoms with Crippen LogP contribution < -0.4 is 0 Å². The molecule has 0 unspecified atom stereocenters. The zero-order chi connectivity index (χ0) is 9.45. The van der Waals surface area contributed by atoms with Crippen molar-refractivity contribution in [1.29, 1.82) is 0 Å². The van der Waals surface area contributed by atoms with Gasteiger partial charge in [-0.05, 0) is 0 Å². The summed E-state index contributed by atoms with van der Waals surface area (Å²) in [6.07, 6.45) is 0. The first-order valence-electron chi connectivity index (χ1n) is 3.19. The van der Waals surface area contributed by atoms with Crippen LogP contribution >= 0.6 is 46.4 Å². The third-order valence-electron chi connectivity index (χ3n) is 0.818. The lowest BCUT2D eigenvalue weighted by Crippen LogP contribution is -2.01. The highest BCUT2D eigenvalue weighted by Gasteiger charge is 2.16. The van der Waals surface area contributed by atoms with Crippen LogP contribution in [0.15, 0.2) is 36.4 Å². The van der Waals surface area contributed by atoms with Crippen LogP contribution in [0.1, 0.15) is 0 Å². The van der Waals surface area contributed by atoms with E-state index in [2.05, 4.69) is 0 Å². The number of halogens is 4. The van der Waals surface area contributed by atoms with Crippen molar-refractivity contribution in [1.82, 2.24) is 0 Å². The smallest absolute Gasteiger partial charge is 0.122 e. The van der Waals surface area contributed by atoms with Crippen molar-refractivity contribution >= 4 is 46.4 Å². The maximum atomic E-state index is 5.12. The van der Waals surface area contributed by atoms with Gasteiger partial charge in [0, 0.05) is 0 Å². The van der Waals surface area contributed by atoms with E-state index in [1.54, 1.807) is 0 Å². The molecule has 0 radical (unpaired) electrons. The van der Waals surface area contributed by atoms with Crippen molar-refractivity contribution in [2.24, 2.45) is 0 Å². The Morgan fingerprint density at radius 2 is 0.917 bits per heavy atom. The van der Waals surface area contributed by atoms with Crippen molar-refractivity contribution in [2.75, 3.05) is 5.88 Å². The van der Waals surface area contributed by atoms with E-state index in [-0.39, 0.29) is 5.88 Å². The SMILES string of the molecule is ClCC(Cl)(Cl)Cl.c1ccccc1. The third-order valence-corrected chi connectivity index (χ3v) is 2.03. The minimum Gasteiger partial charge on any atom is -0.122 e. The average Bonchev–Trinajstić information content (AvgIpc) is 2.07. The van der Waals surface area contributed by atoms with Gasteiger partial charge in [-0.1, -0.05) is 71.2 Å². The minimum atomic E-state index is -1.28. The summed E-state index contributed by atoms with van der Waals surface area (Å²) in [5.74, 6) is 0.0394. The van der Waals surface area contributed by atoms with Gasteiger partial charge in [0.05, 0.1) is 5.88 Å². The highest BCUT2D eigenvalue weighted by Crippen LogP contribution is 2.26. The zero-order valence-electron chi connectivity index (χ0n) is 6.18. The predicted molar refractivity (Wildman–Crippen MR) is 57.5 cm³/mol. The molecular formula is C8H8Cl4. The Balaban J connectivity index is 0.000000202. The largest absolute Gasteiger partial charge is 0.203 e. The van der Waals surface area contributed by atoms with Gasteiger partial charge in [0.1, 0.15) is 0 Å².